The third-order valence-corrected chi connectivity index (χ3v) is 6.37. The molecule has 8 nitrogen and oxygen atoms in total. The average molecular weight is 412 g/mol. The zero-order chi connectivity index (χ0) is 21.7. The molecule has 0 N–H and O–H groups in total. The van der Waals surface area contributed by atoms with Gasteiger partial charge >= 0.3 is 6.03 Å². The lowest BCUT2D eigenvalue weighted by Crippen LogP contribution is -2.65. The summed E-state index contributed by atoms with van der Waals surface area (Å²) < 4.78 is 5.38. The highest BCUT2D eigenvalue weighted by Crippen LogP contribution is 2.41. The SMILES string of the molecule is CCOCCN1C(=O)C2C(N=C3N(c4cccc(C)c4C)C(C)=C(C)N32)N(C)C1=O. The third kappa shape index (κ3) is 2.81. The van der Waals surface area contributed by atoms with Crippen LogP contribution in [0.3, 0.4) is 0 Å². The molecular weight excluding hydrogens is 382 g/mol. The predicted molar refractivity (Wildman–Crippen MR) is 115 cm³/mol. The smallest absolute Gasteiger partial charge is 0.328 e. The molecule has 1 aromatic rings. The number of imide groups is 1. The zero-order valence-corrected chi connectivity index (χ0v) is 18.5. The van der Waals surface area contributed by atoms with Crippen LogP contribution >= 0.6 is 0 Å². The molecule has 2 atom stereocenters. The predicted octanol–water partition coefficient (Wildman–Crippen LogP) is 2.67. The minimum Gasteiger partial charge on any atom is -0.380 e. The van der Waals surface area contributed by atoms with E-state index in [0.29, 0.717) is 19.2 Å². The van der Waals surface area contributed by atoms with Gasteiger partial charge in [-0.25, -0.2) is 9.79 Å². The van der Waals surface area contributed by atoms with Gasteiger partial charge in [-0.3, -0.25) is 19.5 Å². The van der Waals surface area contributed by atoms with Crippen molar-refractivity contribution >= 4 is 23.6 Å². The van der Waals surface area contributed by atoms with Gasteiger partial charge in [0.05, 0.1) is 18.8 Å². The van der Waals surface area contributed by atoms with Gasteiger partial charge in [-0.1, -0.05) is 12.1 Å². The monoisotopic (exact) mass is 411 g/mol. The molecule has 4 rings (SSSR count). The van der Waals surface area contributed by atoms with Gasteiger partial charge in [0, 0.05) is 25.0 Å². The number of carbonyl (C=O) groups is 2. The van der Waals surface area contributed by atoms with Crippen LogP contribution in [0.25, 0.3) is 0 Å². The lowest BCUT2D eigenvalue weighted by Gasteiger charge is -2.40. The maximum Gasteiger partial charge on any atom is 0.328 e. The van der Waals surface area contributed by atoms with Crippen LogP contribution in [0.4, 0.5) is 10.5 Å². The summed E-state index contributed by atoms with van der Waals surface area (Å²) >= 11 is 0. The molecule has 3 aliphatic heterocycles. The molecule has 8 heteroatoms. The van der Waals surface area contributed by atoms with Crippen molar-refractivity contribution in [3.63, 3.8) is 0 Å². The molecule has 0 saturated carbocycles. The minimum absolute atomic E-state index is 0.225. The fraction of sp³-hybridized carbons (Fsp3) is 0.500. The number of amides is 3. The first kappa shape index (κ1) is 20.4. The first-order valence-corrected chi connectivity index (χ1v) is 10.4. The summed E-state index contributed by atoms with van der Waals surface area (Å²) in [7, 11) is 1.71. The van der Waals surface area contributed by atoms with Crippen molar-refractivity contribution in [1.29, 1.82) is 0 Å². The highest BCUT2D eigenvalue weighted by atomic mass is 16.5. The standard InChI is InChI=1S/C22H29N5O3/c1-7-30-12-11-25-20(28)18-19(24(6)22(25)29)23-21-26(15(4)16(5)27(18)21)17-10-8-9-13(2)14(17)3/h8-10,18-19H,7,11-12H2,1-6H3. The van der Waals surface area contributed by atoms with Gasteiger partial charge in [-0.15, -0.1) is 0 Å². The van der Waals surface area contributed by atoms with Gasteiger partial charge in [0.1, 0.15) is 0 Å². The van der Waals surface area contributed by atoms with Gasteiger partial charge in [0.2, 0.25) is 5.96 Å². The van der Waals surface area contributed by atoms with Gasteiger partial charge in [-0.2, -0.15) is 0 Å². The number of ether oxygens (including phenoxy) is 1. The molecule has 1 fully saturated rings. The number of rotatable bonds is 5. The van der Waals surface area contributed by atoms with Crippen LogP contribution in [0.1, 0.15) is 31.9 Å². The number of aliphatic imine (C=N–C) groups is 1. The van der Waals surface area contributed by atoms with Crippen molar-refractivity contribution < 1.29 is 14.3 Å². The summed E-state index contributed by atoms with van der Waals surface area (Å²) in [6.45, 7) is 11.2. The molecule has 3 heterocycles. The number of hydrogen-bond donors (Lipinski definition) is 0. The van der Waals surface area contributed by atoms with Crippen LogP contribution in [-0.4, -0.2) is 71.6 Å². The molecule has 0 radical (unpaired) electrons. The lowest BCUT2D eigenvalue weighted by atomic mass is 10.1. The number of hydrogen-bond acceptors (Lipinski definition) is 6. The minimum atomic E-state index is -0.561. The van der Waals surface area contributed by atoms with Gasteiger partial charge in [0.15, 0.2) is 12.2 Å². The van der Waals surface area contributed by atoms with Crippen molar-refractivity contribution in [3.8, 4) is 0 Å². The zero-order valence-electron chi connectivity index (χ0n) is 18.5. The third-order valence-electron chi connectivity index (χ3n) is 6.37. The molecule has 160 valence electrons. The highest BCUT2D eigenvalue weighted by molar-refractivity contribution is 6.10. The van der Waals surface area contributed by atoms with E-state index in [2.05, 4.69) is 30.9 Å². The Balaban J connectivity index is 1.73. The molecule has 0 bridgehead atoms. The Morgan fingerprint density at radius 1 is 1.10 bits per heavy atom. The number of benzene rings is 1. The number of guanidine groups is 1. The summed E-state index contributed by atoms with van der Waals surface area (Å²) in [5.41, 5.74) is 5.41. The topological polar surface area (TPSA) is 68.7 Å². The summed E-state index contributed by atoms with van der Waals surface area (Å²) in [5, 5.41) is 0. The Morgan fingerprint density at radius 3 is 2.53 bits per heavy atom. The van der Waals surface area contributed by atoms with Crippen LogP contribution in [0.2, 0.25) is 0 Å². The number of nitrogens with zero attached hydrogens (tertiary/aromatic N) is 5. The van der Waals surface area contributed by atoms with E-state index in [1.165, 1.54) is 10.5 Å². The summed E-state index contributed by atoms with van der Waals surface area (Å²) in [6, 6.07) is 5.29. The molecule has 30 heavy (non-hydrogen) atoms. The Morgan fingerprint density at radius 2 is 1.83 bits per heavy atom. The Hall–Kier alpha value is -2.87. The number of aryl methyl sites for hydroxylation is 1. The number of urea groups is 1. The molecule has 1 saturated heterocycles. The van der Waals surface area contributed by atoms with E-state index in [1.807, 2.05) is 31.7 Å². The first-order chi connectivity index (χ1) is 14.3. The Labute approximate surface area is 177 Å². The van der Waals surface area contributed by atoms with Gasteiger partial charge in [0.25, 0.3) is 5.91 Å². The second-order valence-electron chi connectivity index (χ2n) is 7.96. The Kier molecular flexibility index (Phi) is 5.05. The van der Waals surface area contributed by atoms with Gasteiger partial charge in [-0.05, 0) is 51.8 Å². The maximum atomic E-state index is 13.4. The molecule has 1 aromatic carbocycles. The second kappa shape index (κ2) is 7.43. The number of likely N-dealkylation sites (N-methyl/N-ethyl adjacent to an activating group) is 1. The normalized spacial score (nSPS) is 23.5. The van der Waals surface area contributed by atoms with Crippen LogP contribution in [0, 0.1) is 13.8 Å². The fourth-order valence-electron chi connectivity index (χ4n) is 4.39. The summed E-state index contributed by atoms with van der Waals surface area (Å²) in [4.78, 5) is 38.0. The summed E-state index contributed by atoms with van der Waals surface area (Å²) in [6.07, 6.45) is -0.543. The fourth-order valence-corrected chi connectivity index (χ4v) is 4.39. The van der Waals surface area contributed by atoms with E-state index in [9.17, 15) is 9.59 Å². The first-order valence-electron chi connectivity index (χ1n) is 10.4. The van der Waals surface area contributed by atoms with Crippen molar-refractivity contribution in [2.75, 3.05) is 31.7 Å². The van der Waals surface area contributed by atoms with E-state index in [4.69, 9.17) is 9.73 Å². The van der Waals surface area contributed by atoms with Crippen molar-refractivity contribution in [3.05, 3.63) is 40.7 Å². The quantitative estimate of drug-likeness (QED) is 0.697. The Bertz CT molecular complexity index is 970. The van der Waals surface area contributed by atoms with Crippen molar-refractivity contribution in [1.82, 2.24) is 14.7 Å². The molecule has 3 amide bonds. The molecule has 0 spiro atoms. The second-order valence-corrected chi connectivity index (χ2v) is 7.96. The van der Waals surface area contributed by atoms with Crippen molar-refractivity contribution in [2.45, 2.75) is 46.8 Å². The van der Waals surface area contributed by atoms with E-state index >= 15 is 0 Å². The number of allylic oxidation sites excluding steroid dienone is 2. The summed E-state index contributed by atoms with van der Waals surface area (Å²) in [5.74, 6) is 0.477. The maximum absolute atomic E-state index is 13.4. The van der Waals surface area contributed by atoms with Crippen molar-refractivity contribution in [2.24, 2.45) is 4.99 Å². The van der Waals surface area contributed by atoms with Gasteiger partial charge < -0.3 is 9.64 Å². The largest absolute Gasteiger partial charge is 0.380 e. The molecule has 3 aliphatic rings. The number of anilines is 1. The molecular formula is C22H29N5O3. The van der Waals surface area contributed by atoms with E-state index in [0.717, 1.165) is 22.6 Å². The number of carbonyl (C=O) groups excluding carboxylic acids is 2. The van der Waals surface area contributed by atoms with E-state index < -0.39 is 12.2 Å². The number of fused-ring (bicyclic) bond motifs is 3. The van der Waals surface area contributed by atoms with Crippen LogP contribution in [0.5, 0.6) is 0 Å². The molecule has 0 aromatic heterocycles. The highest BCUT2D eigenvalue weighted by Gasteiger charge is 2.55. The molecule has 2 unspecified atom stereocenters. The van der Waals surface area contributed by atoms with E-state index in [-0.39, 0.29) is 18.5 Å². The average Bonchev–Trinajstić information content (AvgIpc) is 3.21. The molecule has 0 aliphatic carbocycles. The van der Waals surface area contributed by atoms with Crippen LogP contribution < -0.4 is 4.90 Å². The lowest BCUT2D eigenvalue weighted by molar-refractivity contribution is -0.137. The van der Waals surface area contributed by atoms with E-state index in [1.54, 1.807) is 11.9 Å². The van der Waals surface area contributed by atoms with Crippen LogP contribution in [-0.2, 0) is 9.53 Å². The van der Waals surface area contributed by atoms with Crippen LogP contribution in [0.15, 0.2) is 34.6 Å².